The molecule has 0 atom stereocenters. The molecule has 0 unspecified atom stereocenters. The molecule has 0 radical (unpaired) electrons. The molecular weight excluding hydrogens is 233 g/mol. The average Bonchev–Trinajstić information content (AvgIpc) is 3.09. The van der Waals surface area contributed by atoms with Crippen LogP contribution in [-0.2, 0) is 4.79 Å². The minimum Gasteiger partial charge on any atom is -0.330 e. The number of nitrogens with one attached hydrogen (secondary N) is 1. The monoisotopic (exact) mass is 250 g/mol. The number of amides is 1. The maximum atomic E-state index is 12.4. The quantitative estimate of drug-likeness (QED) is 0.824. The van der Waals surface area contributed by atoms with E-state index in [1.165, 1.54) is 0 Å². The molecule has 1 saturated heterocycles. The lowest BCUT2D eigenvalue weighted by molar-refractivity contribution is -0.165. The summed E-state index contributed by atoms with van der Waals surface area (Å²) in [4.78, 5) is 13.1. The van der Waals surface area contributed by atoms with Crippen molar-refractivity contribution in [1.82, 2.24) is 10.2 Å². The fourth-order valence-corrected chi connectivity index (χ4v) is 2.27. The van der Waals surface area contributed by atoms with Crippen molar-refractivity contribution in [3.63, 3.8) is 0 Å². The van der Waals surface area contributed by atoms with Crippen LogP contribution in [0.4, 0.5) is 13.2 Å². The average molecular weight is 250 g/mol. The zero-order valence-corrected chi connectivity index (χ0v) is 9.59. The van der Waals surface area contributed by atoms with Crippen molar-refractivity contribution >= 4 is 5.91 Å². The van der Waals surface area contributed by atoms with Crippen LogP contribution in [0.15, 0.2) is 0 Å². The highest BCUT2D eigenvalue weighted by atomic mass is 19.4. The van der Waals surface area contributed by atoms with Crippen LogP contribution in [0.3, 0.4) is 0 Å². The van der Waals surface area contributed by atoms with E-state index in [1.54, 1.807) is 0 Å². The molecule has 1 saturated carbocycles. The molecule has 2 fully saturated rings. The van der Waals surface area contributed by atoms with Gasteiger partial charge in [0, 0.05) is 12.0 Å². The highest BCUT2D eigenvalue weighted by Crippen LogP contribution is 2.32. The summed E-state index contributed by atoms with van der Waals surface area (Å²) < 4.78 is 37.2. The maximum absolute atomic E-state index is 12.4. The number of hydrogen-bond acceptors (Lipinski definition) is 2. The van der Waals surface area contributed by atoms with Gasteiger partial charge < -0.3 is 10.2 Å². The molecular formula is C11H17F3N2O. The third kappa shape index (κ3) is 3.59. The summed E-state index contributed by atoms with van der Waals surface area (Å²) in [7, 11) is 0. The van der Waals surface area contributed by atoms with Crippen molar-refractivity contribution in [2.75, 3.05) is 19.6 Å². The van der Waals surface area contributed by atoms with E-state index in [1.807, 2.05) is 0 Å². The van der Waals surface area contributed by atoms with Crippen LogP contribution < -0.4 is 5.32 Å². The first-order valence-corrected chi connectivity index (χ1v) is 6.05. The fourth-order valence-electron chi connectivity index (χ4n) is 2.27. The number of carbonyl (C=O) groups excluding carboxylic acids is 1. The fraction of sp³-hybridized carbons (Fsp3) is 0.909. The van der Waals surface area contributed by atoms with Crippen LogP contribution in [0.5, 0.6) is 0 Å². The highest BCUT2D eigenvalue weighted by Gasteiger charge is 2.42. The highest BCUT2D eigenvalue weighted by molar-refractivity contribution is 5.79. The van der Waals surface area contributed by atoms with E-state index in [0.29, 0.717) is 25.7 Å². The van der Waals surface area contributed by atoms with Crippen molar-refractivity contribution < 1.29 is 18.0 Å². The Kier molecular flexibility index (Phi) is 3.61. The van der Waals surface area contributed by atoms with Gasteiger partial charge in [0.15, 0.2) is 0 Å². The first-order chi connectivity index (χ1) is 7.97. The Morgan fingerprint density at radius 3 is 2.24 bits per heavy atom. The van der Waals surface area contributed by atoms with Crippen LogP contribution in [0, 0.1) is 5.92 Å². The minimum absolute atomic E-state index is 0.168. The Morgan fingerprint density at radius 1 is 1.18 bits per heavy atom. The van der Waals surface area contributed by atoms with E-state index in [9.17, 15) is 18.0 Å². The molecule has 1 N–H and O–H groups in total. The zero-order chi connectivity index (χ0) is 12.5. The van der Waals surface area contributed by atoms with E-state index < -0.39 is 12.7 Å². The normalized spacial score (nSPS) is 22.5. The Balaban J connectivity index is 1.97. The van der Waals surface area contributed by atoms with Gasteiger partial charge in [0.05, 0.1) is 0 Å². The van der Waals surface area contributed by atoms with Gasteiger partial charge in [-0.3, -0.25) is 4.79 Å². The minimum atomic E-state index is -4.29. The van der Waals surface area contributed by atoms with Crippen molar-refractivity contribution in [2.24, 2.45) is 5.92 Å². The molecule has 17 heavy (non-hydrogen) atoms. The molecule has 1 amide bonds. The molecule has 6 heteroatoms. The second kappa shape index (κ2) is 4.84. The molecule has 0 bridgehead atoms. The predicted molar refractivity (Wildman–Crippen MR) is 56.4 cm³/mol. The van der Waals surface area contributed by atoms with Crippen LogP contribution in [-0.4, -0.2) is 42.7 Å². The molecule has 0 spiro atoms. The van der Waals surface area contributed by atoms with Gasteiger partial charge in [-0.25, -0.2) is 0 Å². The lowest BCUT2D eigenvalue weighted by Gasteiger charge is -2.30. The second-order valence-corrected chi connectivity index (χ2v) is 4.84. The van der Waals surface area contributed by atoms with Crippen molar-refractivity contribution in [2.45, 2.75) is 37.9 Å². The van der Waals surface area contributed by atoms with E-state index >= 15 is 0 Å². The lowest BCUT2D eigenvalue weighted by atomic mass is 9.96. The number of hydrogen-bond donors (Lipinski definition) is 1. The standard InChI is InChI=1S/C11H17F3N2O/c12-11(13,14)7-16(9-1-2-9)10(17)8-3-5-15-6-4-8/h8-9,15H,1-7H2. The Labute approximate surface area is 98.3 Å². The molecule has 1 aliphatic heterocycles. The van der Waals surface area contributed by atoms with E-state index in [2.05, 4.69) is 5.32 Å². The SMILES string of the molecule is O=C(C1CCNCC1)N(CC(F)(F)F)C1CC1. The first-order valence-electron chi connectivity index (χ1n) is 6.05. The summed E-state index contributed by atoms with van der Waals surface area (Å²) >= 11 is 0. The smallest absolute Gasteiger partial charge is 0.330 e. The summed E-state index contributed by atoms with van der Waals surface area (Å²) in [6.07, 6.45) is -1.55. The largest absolute Gasteiger partial charge is 0.406 e. The van der Waals surface area contributed by atoms with Gasteiger partial charge in [0.1, 0.15) is 6.54 Å². The number of carbonyl (C=O) groups is 1. The summed E-state index contributed by atoms with van der Waals surface area (Å²) in [5.41, 5.74) is 0. The predicted octanol–water partition coefficient (Wildman–Crippen LogP) is 1.54. The molecule has 98 valence electrons. The maximum Gasteiger partial charge on any atom is 0.406 e. The second-order valence-electron chi connectivity index (χ2n) is 4.84. The van der Waals surface area contributed by atoms with Gasteiger partial charge in [-0.05, 0) is 38.8 Å². The molecule has 0 aromatic heterocycles. The Morgan fingerprint density at radius 2 is 1.76 bits per heavy atom. The topological polar surface area (TPSA) is 32.3 Å². The van der Waals surface area contributed by atoms with E-state index in [0.717, 1.165) is 18.0 Å². The summed E-state index contributed by atoms with van der Waals surface area (Å²) in [6.45, 7) is 0.363. The molecule has 1 heterocycles. The number of piperidine rings is 1. The zero-order valence-electron chi connectivity index (χ0n) is 9.59. The Bertz CT molecular complexity index is 283. The third-order valence-corrected chi connectivity index (χ3v) is 3.31. The molecule has 0 aromatic carbocycles. The molecule has 0 aromatic rings. The lowest BCUT2D eigenvalue weighted by Crippen LogP contribution is -2.46. The van der Waals surface area contributed by atoms with Crippen LogP contribution in [0.25, 0.3) is 0 Å². The third-order valence-electron chi connectivity index (χ3n) is 3.31. The molecule has 2 aliphatic rings. The van der Waals surface area contributed by atoms with Gasteiger partial charge in [-0.15, -0.1) is 0 Å². The van der Waals surface area contributed by atoms with Crippen molar-refractivity contribution in [3.05, 3.63) is 0 Å². The van der Waals surface area contributed by atoms with Crippen LogP contribution >= 0.6 is 0 Å². The number of nitrogens with zero attached hydrogens (tertiary/aromatic N) is 1. The van der Waals surface area contributed by atoms with Gasteiger partial charge in [-0.1, -0.05) is 0 Å². The van der Waals surface area contributed by atoms with Crippen molar-refractivity contribution in [1.29, 1.82) is 0 Å². The van der Waals surface area contributed by atoms with Gasteiger partial charge in [0.2, 0.25) is 5.91 Å². The summed E-state index contributed by atoms with van der Waals surface area (Å²) in [5.74, 6) is -0.523. The van der Waals surface area contributed by atoms with E-state index in [4.69, 9.17) is 0 Å². The van der Waals surface area contributed by atoms with Gasteiger partial charge in [-0.2, -0.15) is 13.2 Å². The molecule has 1 aliphatic carbocycles. The van der Waals surface area contributed by atoms with Gasteiger partial charge >= 0.3 is 6.18 Å². The summed E-state index contributed by atoms with van der Waals surface area (Å²) in [5, 5.41) is 3.11. The van der Waals surface area contributed by atoms with Crippen LogP contribution in [0.1, 0.15) is 25.7 Å². The first kappa shape index (κ1) is 12.7. The molecule has 3 nitrogen and oxygen atoms in total. The number of alkyl halides is 3. The Hall–Kier alpha value is -0.780. The molecule has 2 rings (SSSR count). The number of rotatable bonds is 3. The van der Waals surface area contributed by atoms with Gasteiger partial charge in [0.25, 0.3) is 0 Å². The van der Waals surface area contributed by atoms with Crippen LogP contribution in [0.2, 0.25) is 0 Å². The number of halogens is 3. The van der Waals surface area contributed by atoms with E-state index in [-0.39, 0.29) is 17.9 Å². The summed E-state index contributed by atoms with van der Waals surface area (Å²) in [6, 6.07) is -0.168. The van der Waals surface area contributed by atoms with Crippen molar-refractivity contribution in [3.8, 4) is 0 Å².